The van der Waals surface area contributed by atoms with E-state index in [2.05, 4.69) is 74.1 Å². The molecule has 210 valence electrons. The van der Waals surface area contributed by atoms with Gasteiger partial charge in [0.15, 0.2) is 5.82 Å². The number of aromatic nitrogens is 4. The summed E-state index contributed by atoms with van der Waals surface area (Å²) in [5.41, 5.74) is 8.68. The van der Waals surface area contributed by atoms with Crippen molar-refractivity contribution in [2.45, 2.75) is 13.8 Å². The predicted octanol–water partition coefficient (Wildman–Crippen LogP) is 8.20. The Morgan fingerprint density at radius 2 is 1.02 bits per heavy atom. The van der Waals surface area contributed by atoms with Crippen molar-refractivity contribution in [1.29, 1.82) is 15.8 Å². The smallest absolute Gasteiger partial charge is 0.163 e. The number of nitrogens with zero attached hydrogens (tertiary/aromatic N) is 7. The SMILES string of the molecule is Cc1nc(C)nc(-c2ccc(C#N)c(-n3c4cc(-c5cccc(C#N)c5)ccc4c4ccc(-c5cccc(C#N)c5)cc43)c2)n1. The van der Waals surface area contributed by atoms with Crippen molar-refractivity contribution in [1.82, 2.24) is 19.5 Å². The molecule has 0 saturated heterocycles. The van der Waals surface area contributed by atoms with E-state index < -0.39 is 0 Å². The Bertz CT molecular complexity index is 2310. The molecule has 2 aromatic heterocycles. The van der Waals surface area contributed by atoms with Gasteiger partial charge in [-0.2, -0.15) is 15.8 Å². The first-order valence-corrected chi connectivity index (χ1v) is 14.3. The van der Waals surface area contributed by atoms with Crippen molar-refractivity contribution in [3.05, 3.63) is 131 Å². The molecule has 0 bridgehead atoms. The summed E-state index contributed by atoms with van der Waals surface area (Å²) >= 11 is 0. The van der Waals surface area contributed by atoms with Crippen LogP contribution in [-0.4, -0.2) is 19.5 Å². The van der Waals surface area contributed by atoms with E-state index in [1.165, 1.54) is 0 Å². The van der Waals surface area contributed by atoms with E-state index in [0.717, 1.165) is 49.6 Å². The molecule has 0 radical (unpaired) electrons. The van der Waals surface area contributed by atoms with E-state index >= 15 is 0 Å². The largest absolute Gasteiger partial charge is 0.308 e. The lowest BCUT2D eigenvalue weighted by Crippen LogP contribution is -2.02. The first-order chi connectivity index (χ1) is 21.9. The number of rotatable bonds is 4. The van der Waals surface area contributed by atoms with Crippen LogP contribution in [0.4, 0.5) is 0 Å². The normalized spacial score (nSPS) is 10.8. The van der Waals surface area contributed by atoms with E-state index in [1.807, 2.05) is 62.4 Å². The summed E-state index contributed by atoms with van der Waals surface area (Å²) in [6.45, 7) is 3.67. The Balaban J connectivity index is 1.55. The van der Waals surface area contributed by atoms with E-state index in [9.17, 15) is 15.8 Å². The Labute approximate surface area is 259 Å². The van der Waals surface area contributed by atoms with Gasteiger partial charge in [-0.1, -0.05) is 48.5 Å². The number of benzene rings is 5. The molecule has 7 heteroatoms. The standard InChI is InChI=1S/C38H23N7/c1-23-42-24(2)44-38(43-23)31-9-10-32(22-41)35(19-31)45-36-17-29(27-7-3-5-25(15-27)20-39)11-13-33(36)34-14-12-30(18-37(34)45)28-8-4-6-26(16-28)21-40/h3-19H,1-2H3. The topological polar surface area (TPSA) is 115 Å². The lowest BCUT2D eigenvalue weighted by molar-refractivity contribution is 0.928. The molecule has 0 fully saturated rings. The highest BCUT2D eigenvalue weighted by atomic mass is 15.0. The van der Waals surface area contributed by atoms with Crippen molar-refractivity contribution < 1.29 is 0 Å². The molecule has 0 spiro atoms. The fourth-order valence-electron chi connectivity index (χ4n) is 5.87. The lowest BCUT2D eigenvalue weighted by atomic mass is 10.0. The second kappa shape index (κ2) is 10.9. The van der Waals surface area contributed by atoms with Gasteiger partial charge < -0.3 is 4.57 Å². The number of nitriles is 3. The number of hydrogen-bond acceptors (Lipinski definition) is 6. The van der Waals surface area contributed by atoms with Gasteiger partial charge in [-0.15, -0.1) is 0 Å². The molecule has 7 rings (SSSR count). The van der Waals surface area contributed by atoms with E-state index in [0.29, 0.717) is 39.9 Å². The Morgan fingerprint density at radius 3 is 1.53 bits per heavy atom. The average Bonchev–Trinajstić information content (AvgIpc) is 3.40. The van der Waals surface area contributed by atoms with Crippen LogP contribution in [0.15, 0.2) is 103 Å². The van der Waals surface area contributed by atoms with Crippen LogP contribution < -0.4 is 0 Å². The molecule has 5 aromatic carbocycles. The van der Waals surface area contributed by atoms with Gasteiger partial charge in [0.1, 0.15) is 17.7 Å². The van der Waals surface area contributed by atoms with Crippen LogP contribution in [-0.2, 0) is 0 Å². The lowest BCUT2D eigenvalue weighted by Gasteiger charge is -2.13. The maximum absolute atomic E-state index is 10.3. The number of hydrogen-bond donors (Lipinski definition) is 0. The first-order valence-electron chi connectivity index (χ1n) is 14.3. The van der Waals surface area contributed by atoms with Crippen LogP contribution in [0.3, 0.4) is 0 Å². The molecular weight excluding hydrogens is 554 g/mol. The molecular formula is C38H23N7. The molecule has 2 heterocycles. The molecule has 7 nitrogen and oxygen atoms in total. The Morgan fingerprint density at radius 1 is 0.511 bits per heavy atom. The summed E-state index contributed by atoms with van der Waals surface area (Å²) < 4.78 is 2.11. The zero-order valence-corrected chi connectivity index (χ0v) is 24.4. The van der Waals surface area contributed by atoms with E-state index in [4.69, 9.17) is 0 Å². The summed E-state index contributed by atoms with van der Waals surface area (Å²) in [6.07, 6.45) is 0. The molecule has 0 unspecified atom stereocenters. The molecule has 7 aromatic rings. The minimum absolute atomic E-state index is 0.494. The van der Waals surface area contributed by atoms with Crippen molar-refractivity contribution in [3.63, 3.8) is 0 Å². The van der Waals surface area contributed by atoms with E-state index in [-0.39, 0.29) is 0 Å². The van der Waals surface area contributed by atoms with Crippen molar-refractivity contribution >= 4 is 21.8 Å². The minimum Gasteiger partial charge on any atom is -0.308 e. The van der Waals surface area contributed by atoms with Crippen LogP contribution in [0, 0.1) is 47.8 Å². The van der Waals surface area contributed by atoms with Gasteiger partial charge in [0.05, 0.1) is 45.5 Å². The summed E-state index contributed by atoms with van der Waals surface area (Å²) in [7, 11) is 0. The van der Waals surface area contributed by atoms with Gasteiger partial charge in [0.2, 0.25) is 0 Å². The van der Waals surface area contributed by atoms with Crippen LogP contribution in [0.5, 0.6) is 0 Å². The molecule has 0 aliphatic rings. The van der Waals surface area contributed by atoms with Crippen LogP contribution in [0.25, 0.3) is 61.1 Å². The van der Waals surface area contributed by atoms with Crippen LogP contribution in [0.2, 0.25) is 0 Å². The van der Waals surface area contributed by atoms with Gasteiger partial charge in [-0.25, -0.2) is 15.0 Å². The van der Waals surface area contributed by atoms with Crippen molar-refractivity contribution in [2.75, 3.05) is 0 Å². The molecule has 0 N–H and O–H groups in total. The fraction of sp³-hybridized carbons (Fsp3) is 0.0526. The number of fused-ring (bicyclic) bond motifs is 3. The summed E-state index contributed by atoms with van der Waals surface area (Å²) in [4.78, 5) is 13.5. The summed E-state index contributed by atoms with van der Waals surface area (Å²) in [6, 6.07) is 40.0. The molecule has 0 aliphatic carbocycles. The predicted molar refractivity (Wildman–Crippen MR) is 174 cm³/mol. The van der Waals surface area contributed by atoms with Gasteiger partial charge in [0.25, 0.3) is 0 Å². The maximum Gasteiger partial charge on any atom is 0.163 e. The third kappa shape index (κ3) is 4.83. The highest BCUT2D eigenvalue weighted by Crippen LogP contribution is 2.38. The van der Waals surface area contributed by atoms with Gasteiger partial charge in [0, 0.05) is 16.3 Å². The third-order valence-corrected chi connectivity index (χ3v) is 7.89. The number of aryl methyl sites for hydroxylation is 2. The van der Waals surface area contributed by atoms with Crippen molar-refractivity contribution in [3.8, 4) is 57.5 Å². The second-order valence-corrected chi connectivity index (χ2v) is 10.8. The highest BCUT2D eigenvalue weighted by Gasteiger charge is 2.19. The van der Waals surface area contributed by atoms with E-state index in [1.54, 1.807) is 18.2 Å². The first kappa shape index (κ1) is 27.2. The van der Waals surface area contributed by atoms with Gasteiger partial charge in [-0.3, -0.25) is 0 Å². The second-order valence-electron chi connectivity index (χ2n) is 10.8. The molecule has 45 heavy (non-hydrogen) atoms. The zero-order valence-electron chi connectivity index (χ0n) is 24.4. The van der Waals surface area contributed by atoms with Crippen LogP contribution in [0.1, 0.15) is 28.3 Å². The zero-order chi connectivity index (χ0) is 31.1. The Hall–Kier alpha value is -6.62. The molecule has 0 atom stereocenters. The quantitative estimate of drug-likeness (QED) is 0.208. The average molecular weight is 578 g/mol. The summed E-state index contributed by atoms with van der Waals surface area (Å²) in [5, 5.41) is 31.4. The minimum atomic E-state index is 0.494. The maximum atomic E-state index is 10.3. The Kier molecular flexibility index (Phi) is 6.59. The van der Waals surface area contributed by atoms with Gasteiger partial charge in [-0.05, 0) is 90.7 Å². The van der Waals surface area contributed by atoms with Gasteiger partial charge >= 0.3 is 0 Å². The van der Waals surface area contributed by atoms with Crippen molar-refractivity contribution in [2.24, 2.45) is 0 Å². The highest BCUT2D eigenvalue weighted by molar-refractivity contribution is 6.11. The molecule has 0 saturated carbocycles. The third-order valence-electron chi connectivity index (χ3n) is 7.89. The fourth-order valence-corrected chi connectivity index (χ4v) is 5.87. The monoisotopic (exact) mass is 577 g/mol. The van der Waals surface area contributed by atoms with Crippen LogP contribution >= 0.6 is 0 Å². The molecule has 0 aliphatic heterocycles. The summed E-state index contributed by atoms with van der Waals surface area (Å²) in [5.74, 6) is 1.78. The molecule has 0 amide bonds.